The zero-order valence-electron chi connectivity index (χ0n) is 15.5. The van der Waals surface area contributed by atoms with E-state index in [0.29, 0.717) is 11.5 Å². The van der Waals surface area contributed by atoms with Crippen LogP contribution in [0.5, 0.6) is 11.6 Å². The molecule has 0 bridgehead atoms. The number of fused-ring (bicyclic) bond motifs is 1. The van der Waals surface area contributed by atoms with E-state index in [-0.39, 0.29) is 28.0 Å². The Morgan fingerprint density at radius 2 is 1.63 bits per heavy atom. The first-order valence-electron chi connectivity index (χ1n) is 8.61. The molecule has 30 heavy (non-hydrogen) atoms. The van der Waals surface area contributed by atoms with Gasteiger partial charge in [0.15, 0.2) is 11.5 Å². The van der Waals surface area contributed by atoms with E-state index in [1.165, 1.54) is 16.8 Å². The van der Waals surface area contributed by atoms with Crippen molar-refractivity contribution in [3.63, 3.8) is 0 Å². The Morgan fingerprint density at radius 1 is 0.967 bits per heavy atom. The van der Waals surface area contributed by atoms with Crippen LogP contribution >= 0.6 is 0 Å². The summed E-state index contributed by atoms with van der Waals surface area (Å²) in [6, 6.07) is 12.2. The van der Waals surface area contributed by atoms with Crippen molar-refractivity contribution in [2.24, 2.45) is 10.2 Å². The number of phenolic OH excluding ortho intramolecular Hbond substituents is 1. The van der Waals surface area contributed by atoms with E-state index in [1.807, 2.05) is 0 Å². The summed E-state index contributed by atoms with van der Waals surface area (Å²) in [6.07, 6.45) is 1.55. The first kappa shape index (κ1) is 19.5. The van der Waals surface area contributed by atoms with Gasteiger partial charge in [-0.2, -0.15) is 18.2 Å². The highest BCUT2D eigenvalue weighted by Gasteiger charge is 2.20. The number of aromatic nitrogens is 3. The number of rotatable bonds is 4. The van der Waals surface area contributed by atoms with Crippen LogP contribution in [0, 0.1) is 6.92 Å². The van der Waals surface area contributed by atoms with E-state index >= 15 is 0 Å². The largest absolute Gasteiger partial charge is 0.506 e. The van der Waals surface area contributed by atoms with Gasteiger partial charge < -0.3 is 10.2 Å². The summed E-state index contributed by atoms with van der Waals surface area (Å²) < 4.78 is 34.0. The average Bonchev–Trinajstić information content (AvgIpc) is 3.00. The van der Waals surface area contributed by atoms with Crippen LogP contribution in [0.4, 0.5) is 11.4 Å². The highest BCUT2D eigenvalue weighted by Crippen LogP contribution is 2.41. The number of hydrogen-bond donors (Lipinski definition) is 3. The molecule has 0 radical (unpaired) electrons. The molecule has 4 rings (SSSR count). The molecule has 11 heteroatoms. The number of aryl methyl sites for hydroxylation is 1. The lowest BCUT2D eigenvalue weighted by molar-refractivity contribution is 0.433. The molecule has 0 spiro atoms. The molecule has 2 heterocycles. The van der Waals surface area contributed by atoms with Crippen LogP contribution in [0.1, 0.15) is 5.69 Å². The molecule has 0 aliphatic carbocycles. The highest BCUT2D eigenvalue weighted by molar-refractivity contribution is 7.86. The lowest BCUT2D eigenvalue weighted by Gasteiger charge is -2.08. The summed E-state index contributed by atoms with van der Waals surface area (Å²) in [5.74, 6) is -0.419. The summed E-state index contributed by atoms with van der Waals surface area (Å²) in [5, 5.41) is 33.5. The topological polar surface area (TPSA) is 150 Å². The van der Waals surface area contributed by atoms with Crippen molar-refractivity contribution < 1.29 is 23.2 Å². The monoisotopic (exact) mass is 425 g/mol. The third-order valence-corrected chi connectivity index (χ3v) is 5.25. The van der Waals surface area contributed by atoms with Gasteiger partial charge in [0.05, 0.1) is 5.69 Å². The summed E-state index contributed by atoms with van der Waals surface area (Å²) in [6.45, 7) is 1.62. The standard InChI is InChI=1S/C19H15N5O5S/c1-11-17(19(26)24(23-11)16-8-4-5-9-20-16)21-22-18-13-7-3-2-6-12(13)15(10-14(18)25)30(27,28)29/h2-10,25-26H,1H3,(H,27,28,29)/b22-21+. The van der Waals surface area contributed by atoms with Crippen LogP contribution in [0.25, 0.3) is 16.6 Å². The maximum Gasteiger partial charge on any atom is 0.295 e. The zero-order chi connectivity index (χ0) is 21.5. The van der Waals surface area contributed by atoms with Crippen molar-refractivity contribution in [1.82, 2.24) is 14.8 Å². The van der Waals surface area contributed by atoms with Gasteiger partial charge in [-0.25, -0.2) is 4.98 Å². The molecule has 0 saturated carbocycles. The first-order valence-corrected chi connectivity index (χ1v) is 10.1. The van der Waals surface area contributed by atoms with Crippen molar-refractivity contribution >= 4 is 32.3 Å². The minimum absolute atomic E-state index is 0.0256. The molecular weight excluding hydrogens is 410 g/mol. The zero-order valence-corrected chi connectivity index (χ0v) is 16.3. The molecule has 152 valence electrons. The number of nitrogens with zero attached hydrogens (tertiary/aromatic N) is 5. The molecule has 2 aromatic carbocycles. The van der Waals surface area contributed by atoms with Crippen LogP contribution in [-0.4, -0.2) is 37.9 Å². The fourth-order valence-electron chi connectivity index (χ4n) is 2.99. The van der Waals surface area contributed by atoms with Crippen molar-refractivity contribution in [2.75, 3.05) is 0 Å². The fourth-order valence-corrected chi connectivity index (χ4v) is 3.71. The molecule has 0 fully saturated rings. The normalized spacial score (nSPS) is 12.1. The van der Waals surface area contributed by atoms with E-state index < -0.39 is 20.8 Å². The molecule has 0 amide bonds. The maximum atomic E-state index is 11.7. The molecule has 2 aromatic heterocycles. The first-order chi connectivity index (χ1) is 14.3. The van der Waals surface area contributed by atoms with Gasteiger partial charge in [-0.05, 0) is 19.1 Å². The smallest absolute Gasteiger partial charge is 0.295 e. The van der Waals surface area contributed by atoms with Gasteiger partial charge in [0.25, 0.3) is 10.1 Å². The third-order valence-electron chi connectivity index (χ3n) is 4.36. The average molecular weight is 425 g/mol. The molecule has 0 saturated heterocycles. The van der Waals surface area contributed by atoms with Crippen LogP contribution < -0.4 is 0 Å². The van der Waals surface area contributed by atoms with Crippen molar-refractivity contribution in [3.8, 4) is 17.4 Å². The Kier molecular flexibility index (Phi) is 4.68. The maximum absolute atomic E-state index is 11.7. The number of azo groups is 1. The Labute approximate surface area is 170 Å². The summed E-state index contributed by atoms with van der Waals surface area (Å²) in [5.41, 5.74) is 0.394. The van der Waals surface area contributed by atoms with E-state index in [9.17, 15) is 23.2 Å². The van der Waals surface area contributed by atoms with Gasteiger partial charge >= 0.3 is 0 Å². The van der Waals surface area contributed by atoms with Gasteiger partial charge in [0.1, 0.15) is 16.3 Å². The van der Waals surface area contributed by atoms with Crippen LogP contribution in [0.3, 0.4) is 0 Å². The van der Waals surface area contributed by atoms with Crippen LogP contribution in [0.15, 0.2) is 69.9 Å². The van der Waals surface area contributed by atoms with E-state index in [0.717, 1.165) is 6.07 Å². The van der Waals surface area contributed by atoms with Gasteiger partial charge in [0, 0.05) is 23.0 Å². The Bertz CT molecular complexity index is 1400. The Balaban J connectivity index is 1.85. The molecule has 0 aliphatic heterocycles. The fraction of sp³-hybridized carbons (Fsp3) is 0.0526. The number of pyridine rings is 1. The lowest BCUT2D eigenvalue weighted by atomic mass is 10.1. The molecule has 0 atom stereocenters. The number of benzene rings is 2. The van der Waals surface area contributed by atoms with Crippen molar-refractivity contribution in [1.29, 1.82) is 0 Å². The predicted octanol–water partition coefficient (Wildman–Crippen LogP) is 3.80. The van der Waals surface area contributed by atoms with E-state index in [2.05, 4.69) is 20.3 Å². The van der Waals surface area contributed by atoms with Crippen LogP contribution in [0.2, 0.25) is 0 Å². The Morgan fingerprint density at radius 3 is 2.30 bits per heavy atom. The minimum atomic E-state index is -4.57. The van der Waals surface area contributed by atoms with Gasteiger partial charge in [0.2, 0.25) is 5.88 Å². The van der Waals surface area contributed by atoms with Crippen LogP contribution in [-0.2, 0) is 10.1 Å². The highest BCUT2D eigenvalue weighted by atomic mass is 32.2. The Hall–Kier alpha value is -3.83. The molecule has 3 N–H and O–H groups in total. The third kappa shape index (κ3) is 3.36. The second-order valence-corrected chi connectivity index (χ2v) is 7.71. The van der Waals surface area contributed by atoms with E-state index in [1.54, 1.807) is 43.5 Å². The van der Waals surface area contributed by atoms with Gasteiger partial charge in [-0.15, -0.1) is 10.2 Å². The van der Waals surface area contributed by atoms with E-state index in [4.69, 9.17) is 0 Å². The summed E-state index contributed by atoms with van der Waals surface area (Å²) in [7, 11) is -4.57. The number of hydrogen-bond acceptors (Lipinski definition) is 8. The quantitative estimate of drug-likeness (QED) is 0.332. The molecule has 4 aromatic rings. The van der Waals surface area contributed by atoms with Gasteiger partial charge in [-0.3, -0.25) is 4.55 Å². The molecule has 0 aliphatic rings. The number of aromatic hydroxyl groups is 2. The molecular formula is C19H15N5O5S. The SMILES string of the molecule is Cc1nn(-c2ccccn2)c(O)c1/N=N/c1c(O)cc(S(=O)(=O)O)c2ccccc12. The second-order valence-electron chi connectivity index (χ2n) is 6.32. The molecule has 10 nitrogen and oxygen atoms in total. The predicted molar refractivity (Wildman–Crippen MR) is 107 cm³/mol. The van der Waals surface area contributed by atoms with Gasteiger partial charge in [-0.1, -0.05) is 30.3 Å². The molecule has 0 unspecified atom stereocenters. The second kappa shape index (κ2) is 7.21. The lowest BCUT2D eigenvalue weighted by Crippen LogP contribution is -1.99. The van der Waals surface area contributed by atoms with Crippen molar-refractivity contribution in [3.05, 3.63) is 60.4 Å². The van der Waals surface area contributed by atoms with Crippen molar-refractivity contribution in [2.45, 2.75) is 11.8 Å². The summed E-state index contributed by atoms with van der Waals surface area (Å²) >= 11 is 0. The number of phenols is 1. The minimum Gasteiger partial charge on any atom is -0.506 e. The summed E-state index contributed by atoms with van der Waals surface area (Å²) in [4.78, 5) is 3.67.